The second kappa shape index (κ2) is 19.2. The Labute approximate surface area is 339 Å². The highest BCUT2D eigenvalue weighted by Crippen LogP contribution is 2.56. The van der Waals surface area contributed by atoms with Crippen LogP contribution in [0.5, 0.6) is 0 Å². The molecule has 0 saturated carbocycles. The lowest BCUT2D eigenvalue weighted by Gasteiger charge is -2.26. The Morgan fingerprint density at radius 3 is 2.47 bits per heavy atom. The van der Waals surface area contributed by atoms with Gasteiger partial charge in [-0.3, -0.25) is 23.0 Å². The van der Waals surface area contributed by atoms with Crippen molar-refractivity contribution in [2.75, 3.05) is 31.2 Å². The number of aliphatic hydroxyl groups excluding tert-OH is 1. The van der Waals surface area contributed by atoms with Gasteiger partial charge < -0.3 is 65.8 Å². The van der Waals surface area contributed by atoms with E-state index in [0.29, 0.717) is 12.8 Å². The number of carbonyl (C=O) groups excluding carboxylic acids is 2. The number of carbonyl (C=O) groups is 2. The fourth-order valence-corrected chi connectivity index (χ4v) is 8.47. The average molecular weight is 883 g/mol. The standard InChI is InChI=1S/C33H44N10O15P2/c34-19(8-4-5-10-37-33(47)53-13-18-6-2-1-3-7-18)31(45)58-27-21(57-30(26(27)44)43-17-40-25-28(36)38-16-39-29(25)43)15-54-59(48,49)22-12-24(42-11-9-23(35)41-32(42)46)56-20(22)14-55-60(50,51)52/h1-3,6-7,9,11,16-17,19-22,24,26-27,30,44H,4-5,8,10,12-15,34H2,(H,37,47)(H,48,49)(H2,35,41,46)(H2,36,38,39)(H2,50,51,52)/t19-,20+,21+,22-,24?,26+,27+,30+/m0/s1. The molecule has 0 spiro atoms. The number of amides is 1. The molecule has 4 aromatic rings. The van der Waals surface area contributed by atoms with Crippen LogP contribution in [0.25, 0.3) is 11.2 Å². The van der Waals surface area contributed by atoms with Gasteiger partial charge in [-0.25, -0.2) is 29.1 Å². The number of nitrogen functional groups attached to an aromatic ring is 2. The number of nitrogens with two attached hydrogens (primary N) is 3. The maximum absolute atomic E-state index is 13.9. The first kappa shape index (κ1) is 44.6. The highest BCUT2D eigenvalue weighted by atomic mass is 31.2. The summed E-state index contributed by atoms with van der Waals surface area (Å²) in [6.07, 6.45) is -5.30. The van der Waals surface area contributed by atoms with Crippen LogP contribution in [-0.2, 0) is 48.5 Å². The number of nitrogens with one attached hydrogen (secondary N) is 1. The molecule has 2 aliphatic heterocycles. The molecule has 326 valence electrons. The lowest BCUT2D eigenvalue weighted by molar-refractivity contribution is -0.158. The van der Waals surface area contributed by atoms with Crippen molar-refractivity contribution in [3.05, 3.63) is 71.3 Å². The van der Waals surface area contributed by atoms with Crippen molar-refractivity contribution >= 4 is 50.3 Å². The van der Waals surface area contributed by atoms with Crippen LogP contribution in [0.2, 0.25) is 0 Å². The van der Waals surface area contributed by atoms with Gasteiger partial charge in [-0.15, -0.1) is 0 Å². The van der Waals surface area contributed by atoms with Crippen molar-refractivity contribution in [2.24, 2.45) is 5.73 Å². The largest absolute Gasteiger partial charge is 0.469 e. The Hall–Kier alpha value is -4.91. The zero-order chi connectivity index (χ0) is 43.2. The van der Waals surface area contributed by atoms with Crippen molar-refractivity contribution in [2.45, 2.75) is 80.9 Å². The minimum Gasteiger partial charge on any atom is -0.455 e. The van der Waals surface area contributed by atoms with E-state index in [1.54, 1.807) is 0 Å². The summed E-state index contributed by atoms with van der Waals surface area (Å²) in [5, 5.41) is 14.2. The number of ether oxygens (including phenoxy) is 4. The van der Waals surface area contributed by atoms with E-state index in [4.69, 9.17) is 40.7 Å². The van der Waals surface area contributed by atoms with Crippen molar-refractivity contribution in [1.82, 2.24) is 34.4 Å². The molecule has 2 saturated heterocycles. The lowest BCUT2D eigenvalue weighted by atomic mass is 10.1. The van der Waals surface area contributed by atoms with Gasteiger partial charge in [-0.2, -0.15) is 4.98 Å². The van der Waals surface area contributed by atoms with Gasteiger partial charge in [0.25, 0.3) is 0 Å². The second-order valence-corrected chi connectivity index (χ2v) is 17.0. The maximum Gasteiger partial charge on any atom is 0.469 e. The molecule has 5 heterocycles. The summed E-state index contributed by atoms with van der Waals surface area (Å²) in [4.78, 5) is 83.7. The lowest BCUT2D eigenvalue weighted by Crippen LogP contribution is -2.43. The molecular formula is C33H44N10O15P2. The van der Waals surface area contributed by atoms with E-state index < -0.39 is 101 Å². The number of benzene rings is 1. The van der Waals surface area contributed by atoms with Gasteiger partial charge in [0.15, 0.2) is 23.8 Å². The quantitative estimate of drug-likeness (QED) is 0.0364. The van der Waals surface area contributed by atoms with Gasteiger partial charge in [0.05, 0.1) is 31.3 Å². The molecule has 2 aliphatic rings. The topological polar surface area (TPSA) is 373 Å². The van der Waals surface area contributed by atoms with Crippen LogP contribution in [0.15, 0.2) is 60.0 Å². The molecule has 11 N–H and O–H groups in total. The molecule has 3 aromatic heterocycles. The van der Waals surface area contributed by atoms with Gasteiger partial charge in [-0.05, 0) is 30.9 Å². The van der Waals surface area contributed by atoms with E-state index in [0.717, 1.165) is 16.5 Å². The van der Waals surface area contributed by atoms with Crippen LogP contribution < -0.4 is 28.2 Å². The number of esters is 1. The van der Waals surface area contributed by atoms with Gasteiger partial charge in [0.1, 0.15) is 48.7 Å². The third-order valence-corrected chi connectivity index (χ3v) is 12.0. The smallest absolute Gasteiger partial charge is 0.455 e. The molecule has 6 rings (SSSR count). The fraction of sp³-hybridized carbons (Fsp3) is 0.485. The molecule has 2 unspecified atom stereocenters. The maximum atomic E-state index is 13.9. The Morgan fingerprint density at radius 1 is 0.983 bits per heavy atom. The number of hydrogen-bond acceptors (Lipinski definition) is 19. The predicted molar refractivity (Wildman–Crippen MR) is 205 cm³/mol. The molecule has 0 bridgehead atoms. The number of unbranched alkanes of at least 4 members (excludes halogenated alkanes) is 1. The normalized spacial score (nSPS) is 24.5. The monoisotopic (exact) mass is 882 g/mol. The average Bonchev–Trinajstić information content (AvgIpc) is 3.92. The van der Waals surface area contributed by atoms with Gasteiger partial charge in [0, 0.05) is 19.2 Å². The van der Waals surface area contributed by atoms with E-state index in [1.165, 1.54) is 23.2 Å². The minimum absolute atomic E-state index is 0.0203. The number of phosphoric ester groups is 1. The Bertz CT molecular complexity index is 2280. The number of nitrogens with zero attached hydrogens (tertiary/aromatic N) is 6. The molecule has 0 radical (unpaired) electrons. The van der Waals surface area contributed by atoms with Crippen LogP contribution in [0.1, 0.15) is 43.7 Å². The van der Waals surface area contributed by atoms with Crippen LogP contribution >= 0.6 is 15.4 Å². The molecule has 1 amide bonds. The first-order valence-corrected chi connectivity index (χ1v) is 21.5. The first-order chi connectivity index (χ1) is 28.5. The number of fused-ring (bicyclic) bond motifs is 1. The zero-order valence-corrected chi connectivity index (χ0v) is 33.4. The summed E-state index contributed by atoms with van der Waals surface area (Å²) < 4.78 is 60.5. The van der Waals surface area contributed by atoms with Gasteiger partial charge in [0.2, 0.25) is 0 Å². The van der Waals surface area contributed by atoms with Crippen molar-refractivity contribution in [1.29, 1.82) is 0 Å². The Balaban J connectivity index is 1.12. The number of imidazole rings is 1. The molecule has 25 nitrogen and oxygen atoms in total. The summed E-state index contributed by atoms with van der Waals surface area (Å²) >= 11 is 0. The van der Waals surface area contributed by atoms with E-state index in [9.17, 15) is 43.3 Å². The third-order valence-electron chi connectivity index (χ3n) is 9.57. The number of alkyl carbamates (subject to hydrolysis) is 1. The number of rotatable bonds is 18. The van der Waals surface area contributed by atoms with Crippen LogP contribution in [-0.4, -0.2) is 117 Å². The Kier molecular flexibility index (Phi) is 14.3. The summed E-state index contributed by atoms with van der Waals surface area (Å²) in [6.45, 7) is -1.37. The molecule has 1 aromatic carbocycles. The fourth-order valence-electron chi connectivity index (χ4n) is 6.55. The molecule has 0 aliphatic carbocycles. The molecule has 60 heavy (non-hydrogen) atoms. The zero-order valence-electron chi connectivity index (χ0n) is 31.6. The van der Waals surface area contributed by atoms with Crippen LogP contribution in [0, 0.1) is 0 Å². The number of aromatic nitrogens is 6. The van der Waals surface area contributed by atoms with Crippen LogP contribution in [0.4, 0.5) is 16.4 Å². The summed E-state index contributed by atoms with van der Waals surface area (Å²) in [7, 11) is -10.0. The van der Waals surface area contributed by atoms with E-state index in [-0.39, 0.29) is 42.4 Å². The van der Waals surface area contributed by atoms with Gasteiger partial charge in [-0.1, -0.05) is 30.3 Å². The number of aliphatic hydroxyl groups is 1. The highest BCUT2D eigenvalue weighted by molar-refractivity contribution is 7.53. The SMILES string of the molecule is Nc1ccn(C2C[C@H](P(=O)(O)OC[C@H]3O[C@@H](n4cnc5c(N)ncnc54)[C@H](O)[C@@H]3OC(=O)[C@@H](N)CCCCNC(=O)OCc3ccccc3)[C@@H](COP(=O)(O)O)O2)c(=O)n1. The minimum atomic E-state index is -5.10. The molecule has 9 atom stereocenters. The van der Waals surface area contributed by atoms with Crippen molar-refractivity contribution < 1.29 is 66.5 Å². The Morgan fingerprint density at radius 2 is 1.73 bits per heavy atom. The van der Waals surface area contributed by atoms with Gasteiger partial charge >= 0.3 is 33.2 Å². The highest BCUT2D eigenvalue weighted by Gasteiger charge is 2.52. The van der Waals surface area contributed by atoms with Crippen LogP contribution in [0.3, 0.4) is 0 Å². The summed E-state index contributed by atoms with van der Waals surface area (Å²) in [5.41, 5.74) is 16.4. The number of phosphoric acid groups is 1. The number of anilines is 2. The molecular weight excluding hydrogens is 838 g/mol. The first-order valence-electron chi connectivity index (χ1n) is 18.3. The number of hydrogen-bond donors (Lipinski definition) is 8. The van der Waals surface area contributed by atoms with Crippen molar-refractivity contribution in [3.8, 4) is 0 Å². The van der Waals surface area contributed by atoms with E-state index in [2.05, 4.69) is 29.8 Å². The molecule has 27 heteroatoms. The summed E-state index contributed by atoms with van der Waals surface area (Å²) in [6, 6.07) is 9.18. The third kappa shape index (κ3) is 11.1. The van der Waals surface area contributed by atoms with E-state index >= 15 is 0 Å². The second-order valence-electron chi connectivity index (χ2n) is 13.8. The predicted octanol–water partition coefficient (Wildman–Crippen LogP) is -0.191. The van der Waals surface area contributed by atoms with Crippen molar-refractivity contribution in [3.63, 3.8) is 0 Å². The molecule has 2 fully saturated rings. The summed E-state index contributed by atoms with van der Waals surface area (Å²) in [5.74, 6) is -1.04. The van der Waals surface area contributed by atoms with E-state index in [1.807, 2.05) is 30.3 Å².